The van der Waals surface area contributed by atoms with Crippen LogP contribution in [-0.2, 0) is 20.8 Å². The van der Waals surface area contributed by atoms with Crippen molar-refractivity contribution in [2.75, 3.05) is 62.2 Å². The second kappa shape index (κ2) is 18.3. The van der Waals surface area contributed by atoms with Gasteiger partial charge in [0.25, 0.3) is 5.91 Å². The molecule has 4 aliphatic rings. The highest BCUT2D eigenvalue weighted by atomic mass is 35.5. The zero-order chi connectivity index (χ0) is 39.9. The van der Waals surface area contributed by atoms with E-state index in [1.54, 1.807) is 24.3 Å². The summed E-state index contributed by atoms with van der Waals surface area (Å²) in [5, 5.41) is 20.1. The number of carbonyl (C=O) groups excluding carboxylic acids is 4. The summed E-state index contributed by atoms with van der Waals surface area (Å²) in [7, 11) is 0. The standard InChI is InChI=1S/C41H49ClN10O5/c42-35-22-34(7-1-28(35)23-43)57-33-8-5-31(6-9-33)52(26-29-2-12-38(53)46-41(29)56)39(54)21-30-3-4-32(24-45-30)50-19-17-49(18-20-50)25-27-13-15-51(16-14-27)37-11-10-36(40(44)55)47-48-37/h1,3-4,7,10-11,22,24,27,29,31,33H,2,5-6,8-9,12-21,25-26H2,(H2,44,55)(H,46,53,56). The maximum atomic E-state index is 14.0. The number of hydrogen-bond acceptors (Lipinski definition) is 12. The number of carbonyl (C=O) groups is 4. The van der Waals surface area contributed by atoms with Gasteiger partial charge in [0.1, 0.15) is 11.8 Å². The van der Waals surface area contributed by atoms with Gasteiger partial charge in [-0.15, -0.1) is 10.2 Å². The van der Waals surface area contributed by atoms with Crippen LogP contribution in [0.2, 0.25) is 5.02 Å². The highest BCUT2D eigenvalue weighted by molar-refractivity contribution is 6.31. The zero-order valence-electron chi connectivity index (χ0n) is 32.0. The molecule has 1 aromatic carbocycles. The fraction of sp³-hybridized carbons (Fsp3) is 0.512. The lowest BCUT2D eigenvalue weighted by atomic mass is 9.89. The second-order valence-electron chi connectivity index (χ2n) is 15.5. The van der Waals surface area contributed by atoms with Gasteiger partial charge < -0.3 is 25.2 Å². The first-order chi connectivity index (χ1) is 27.6. The molecule has 7 rings (SSSR count). The van der Waals surface area contributed by atoms with Gasteiger partial charge in [-0.2, -0.15) is 5.26 Å². The molecule has 3 N–H and O–H groups in total. The molecule has 4 fully saturated rings. The molecule has 15 nitrogen and oxygen atoms in total. The number of pyridine rings is 1. The molecule has 1 aliphatic carbocycles. The number of aromatic nitrogens is 3. The lowest BCUT2D eigenvalue weighted by molar-refractivity contribution is -0.140. The summed E-state index contributed by atoms with van der Waals surface area (Å²) in [4.78, 5) is 63.6. The Morgan fingerprint density at radius 3 is 2.33 bits per heavy atom. The summed E-state index contributed by atoms with van der Waals surface area (Å²) >= 11 is 6.21. The molecular weight excluding hydrogens is 748 g/mol. The number of nitrogens with zero attached hydrogens (tertiary/aromatic N) is 8. The molecule has 1 unspecified atom stereocenters. The van der Waals surface area contributed by atoms with Gasteiger partial charge in [-0.05, 0) is 87.3 Å². The van der Waals surface area contributed by atoms with Crippen molar-refractivity contribution in [3.63, 3.8) is 0 Å². The van der Waals surface area contributed by atoms with Gasteiger partial charge in [0, 0.05) is 76.6 Å². The van der Waals surface area contributed by atoms with Gasteiger partial charge in [0.15, 0.2) is 11.5 Å². The number of ether oxygens (including phenoxy) is 1. The van der Waals surface area contributed by atoms with Crippen molar-refractivity contribution in [2.24, 2.45) is 17.6 Å². The average molecular weight is 797 g/mol. The Labute approximate surface area is 337 Å². The van der Waals surface area contributed by atoms with Crippen molar-refractivity contribution < 1.29 is 23.9 Å². The van der Waals surface area contributed by atoms with Crippen LogP contribution in [0.15, 0.2) is 48.7 Å². The van der Waals surface area contributed by atoms with E-state index in [0.717, 1.165) is 70.2 Å². The Hall–Kier alpha value is -5.33. The molecule has 1 atom stereocenters. The van der Waals surface area contributed by atoms with Crippen molar-refractivity contribution in [1.29, 1.82) is 5.26 Å². The van der Waals surface area contributed by atoms with Crippen LogP contribution in [0.1, 0.15) is 73.1 Å². The Kier molecular flexibility index (Phi) is 12.8. The number of imide groups is 1. The minimum Gasteiger partial charge on any atom is -0.490 e. The molecule has 5 heterocycles. The Morgan fingerprint density at radius 1 is 0.930 bits per heavy atom. The molecule has 3 aliphatic heterocycles. The smallest absolute Gasteiger partial charge is 0.269 e. The van der Waals surface area contributed by atoms with Crippen molar-refractivity contribution >= 4 is 46.7 Å². The summed E-state index contributed by atoms with van der Waals surface area (Å²) in [6, 6.07) is 14.4. The first-order valence-corrected chi connectivity index (χ1v) is 20.3. The number of nitriles is 1. The van der Waals surface area contributed by atoms with Crippen LogP contribution in [0.25, 0.3) is 0 Å². The lowest BCUT2D eigenvalue weighted by Gasteiger charge is -2.39. The van der Waals surface area contributed by atoms with E-state index in [1.165, 1.54) is 0 Å². The monoisotopic (exact) mass is 796 g/mol. The van der Waals surface area contributed by atoms with Crippen LogP contribution in [0.4, 0.5) is 11.5 Å². The minimum absolute atomic E-state index is 0.0653. The van der Waals surface area contributed by atoms with Crippen molar-refractivity contribution in [1.82, 2.24) is 30.3 Å². The predicted molar refractivity (Wildman–Crippen MR) is 213 cm³/mol. The maximum Gasteiger partial charge on any atom is 0.269 e. The number of piperazine rings is 1. The zero-order valence-corrected chi connectivity index (χ0v) is 32.8. The Balaban J connectivity index is 0.892. The number of piperidine rings is 2. The number of amides is 4. The number of nitrogens with one attached hydrogen (secondary N) is 1. The third kappa shape index (κ3) is 10.2. The number of hydrogen-bond donors (Lipinski definition) is 2. The molecule has 3 aromatic rings. The number of benzene rings is 1. The lowest BCUT2D eigenvalue weighted by Crippen LogP contribution is -2.51. The molecule has 0 radical (unpaired) electrons. The molecule has 16 heteroatoms. The molecule has 0 bridgehead atoms. The topological polar surface area (TPSA) is 191 Å². The highest BCUT2D eigenvalue weighted by Crippen LogP contribution is 2.31. The van der Waals surface area contributed by atoms with Gasteiger partial charge in [0.05, 0.1) is 40.9 Å². The summed E-state index contributed by atoms with van der Waals surface area (Å²) < 4.78 is 6.19. The first-order valence-electron chi connectivity index (χ1n) is 19.9. The van der Waals surface area contributed by atoms with Crippen molar-refractivity contribution in [3.05, 3.63) is 70.6 Å². The predicted octanol–water partition coefficient (Wildman–Crippen LogP) is 3.35. The SMILES string of the molecule is N#Cc1ccc(OC2CCC(N(CC3CCC(=O)NC3=O)C(=O)Cc3ccc(N4CCN(CC5CCN(c6ccc(C(N)=O)nn6)CC5)CC4)cn3)CC2)cc1Cl. The van der Waals surface area contributed by atoms with Crippen LogP contribution in [0, 0.1) is 23.2 Å². The molecular formula is C41H49ClN10O5. The largest absolute Gasteiger partial charge is 0.490 e. The van der Waals surface area contributed by atoms with Crippen LogP contribution in [0.3, 0.4) is 0 Å². The third-order valence-corrected chi connectivity index (χ3v) is 12.1. The normalized spacial score (nSPS) is 22.1. The van der Waals surface area contributed by atoms with Gasteiger partial charge in [0.2, 0.25) is 17.7 Å². The van der Waals surface area contributed by atoms with Crippen molar-refractivity contribution in [2.45, 2.75) is 69.9 Å². The van der Waals surface area contributed by atoms with E-state index in [0.29, 0.717) is 60.1 Å². The Morgan fingerprint density at radius 2 is 1.70 bits per heavy atom. The third-order valence-electron chi connectivity index (χ3n) is 11.8. The van der Waals surface area contributed by atoms with E-state index in [1.807, 2.05) is 29.3 Å². The summed E-state index contributed by atoms with van der Waals surface area (Å²) in [6.07, 6.45) is 7.55. The molecule has 57 heavy (non-hydrogen) atoms. The average Bonchev–Trinajstić information content (AvgIpc) is 3.22. The number of primary amides is 1. The maximum absolute atomic E-state index is 14.0. The van der Waals surface area contributed by atoms with Crippen LogP contribution >= 0.6 is 11.6 Å². The number of anilines is 2. The van der Waals surface area contributed by atoms with E-state index in [2.05, 4.69) is 36.3 Å². The number of rotatable bonds is 12. The van der Waals surface area contributed by atoms with Gasteiger partial charge in [-0.25, -0.2) is 0 Å². The van der Waals surface area contributed by atoms with Gasteiger partial charge in [-0.1, -0.05) is 11.6 Å². The van der Waals surface area contributed by atoms with E-state index in [9.17, 15) is 24.4 Å². The number of halogens is 1. The molecule has 4 amide bonds. The van der Waals surface area contributed by atoms with Crippen LogP contribution < -0.4 is 25.6 Å². The minimum atomic E-state index is -0.577. The quantitative estimate of drug-likeness (QED) is 0.255. The van der Waals surface area contributed by atoms with E-state index >= 15 is 0 Å². The molecule has 300 valence electrons. The molecule has 1 saturated carbocycles. The van der Waals surface area contributed by atoms with Crippen LogP contribution in [-0.4, -0.2) is 113 Å². The fourth-order valence-corrected chi connectivity index (χ4v) is 8.63. The van der Waals surface area contributed by atoms with Crippen LogP contribution in [0.5, 0.6) is 5.75 Å². The van der Waals surface area contributed by atoms with E-state index in [-0.39, 0.29) is 54.9 Å². The van der Waals surface area contributed by atoms with E-state index in [4.69, 9.17) is 27.1 Å². The Bertz CT molecular complexity index is 1950. The number of nitrogens with two attached hydrogens (primary N) is 1. The summed E-state index contributed by atoms with van der Waals surface area (Å²) in [5.41, 5.74) is 7.56. The molecule has 2 aromatic heterocycles. The van der Waals surface area contributed by atoms with Crippen molar-refractivity contribution in [3.8, 4) is 11.8 Å². The van der Waals surface area contributed by atoms with E-state index < -0.39 is 11.8 Å². The first kappa shape index (κ1) is 39.9. The summed E-state index contributed by atoms with van der Waals surface area (Å²) in [6.45, 7) is 6.82. The highest BCUT2D eigenvalue weighted by Gasteiger charge is 2.35. The van der Waals surface area contributed by atoms with Gasteiger partial charge >= 0.3 is 0 Å². The fourth-order valence-electron chi connectivity index (χ4n) is 8.42. The molecule has 3 saturated heterocycles. The second-order valence-corrected chi connectivity index (χ2v) is 15.9. The molecule has 0 spiro atoms. The summed E-state index contributed by atoms with van der Waals surface area (Å²) in [5.74, 6) is 0.268. The van der Waals surface area contributed by atoms with Gasteiger partial charge in [-0.3, -0.25) is 34.4 Å².